The van der Waals surface area contributed by atoms with Gasteiger partial charge >= 0.3 is 0 Å². The fourth-order valence-corrected chi connectivity index (χ4v) is 14.1. The Morgan fingerprint density at radius 1 is 0.269 bits per heavy atom. The molecule has 4 heteroatoms. The van der Waals surface area contributed by atoms with Crippen LogP contribution in [-0.2, 0) is 10.8 Å². The van der Waals surface area contributed by atoms with Crippen molar-refractivity contribution in [3.05, 3.63) is 317 Å². The first-order valence-corrected chi connectivity index (χ1v) is 26.8. The average molecular weight is 996 g/mol. The van der Waals surface area contributed by atoms with Crippen LogP contribution in [0.1, 0.15) is 44.5 Å². The Morgan fingerprint density at radius 2 is 0.744 bits per heavy atom. The lowest BCUT2D eigenvalue weighted by atomic mass is 9.66. The SMILES string of the molecule is c1cc(-c2ccc3c(c2)-c2ccccc2C32c3ccccc3Oc3ccccc32)cc(N(c2ccc(-c3ccc4c(c3)oc3ccccc34)cc2)c2cccc3c2-c2ccccc2C32c3ccccc3Oc3ccccc32)c1. The fraction of sp³-hybridized carbons (Fsp3) is 0.0270. The summed E-state index contributed by atoms with van der Waals surface area (Å²) in [5, 5.41) is 2.25. The third kappa shape index (κ3) is 5.78. The van der Waals surface area contributed by atoms with E-state index in [9.17, 15) is 0 Å². The zero-order valence-corrected chi connectivity index (χ0v) is 42.2. The van der Waals surface area contributed by atoms with Crippen LogP contribution in [0.15, 0.2) is 277 Å². The van der Waals surface area contributed by atoms with Crippen molar-refractivity contribution in [1.29, 1.82) is 0 Å². The first-order chi connectivity index (χ1) is 38.7. The molecule has 0 amide bonds. The minimum atomic E-state index is -0.621. The topological polar surface area (TPSA) is 34.8 Å². The molecular formula is C74H45NO3. The first kappa shape index (κ1) is 43.1. The number of nitrogens with zero attached hydrogens (tertiary/aromatic N) is 1. The number of hydrogen-bond acceptors (Lipinski definition) is 4. The third-order valence-corrected chi connectivity index (χ3v) is 17.2. The molecule has 364 valence electrons. The Bertz CT molecular complexity index is 4570. The fourth-order valence-electron chi connectivity index (χ4n) is 14.1. The molecule has 0 saturated carbocycles. The maximum absolute atomic E-state index is 6.74. The molecule has 0 bridgehead atoms. The summed E-state index contributed by atoms with van der Waals surface area (Å²) < 4.78 is 19.8. The van der Waals surface area contributed by atoms with Gasteiger partial charge in [-0.2, -0.15) is 0 Å². The van der Waals surface area contributed by atoms with Gasteiger partial charge in [-0.3, -0.25) is 0 Å². The van der Waals surface area contributed by atoms with Gasteiger partial charge in [-0.15, -0.1) is 0 Å². The van der Waals surface area contributed by atoms with Crippen LogP contribution in [0.2, 0.25) is 0 Å². The summed E-state index contributed by atoms with van der Waals surface area (Å²) in [6, 6.07) is 99.2. The van der Waals surface area contributed by atoms with E-state index in [1.165, 1.54) is 44.5 Å². The molecule has 0 unspecified atom stereocenters. The van der Waals surface area contributed by atoms with Crippen molar-refractivity contribution in [3.63, 3.8) is 0 Å². The molecule has 0 N–H and O–H groups in total. The van der Waals surface area contributed by atoms with Gasteiger partial charge in [0.05, 0.1) is 16.5 Å². The van der Waals surface area contributed by atoms with Crippen LogP contribution in [-0.4, -0.2) is 0 Å². The highest BCUT2D eigenvalue weighted by atomic mass is 16.5. The summed E-state index contributed by atoms with van der Waals surface area (Å²) >= 11 is 0. The lowest BCUT2D eigenvalue weighted by Crippen LogP contribution is -2.32. The van der Waals surface area contributed by atoms with E-state index >= 15 is 0 Å². The molecule has 2 aliphatic heterocycles. The molecule has 13 aromatic rings. The van der Waals surface area contributed by atoms with Crippen LogP contribution in [0, 0.1) is 0 Å². The maximum Gasteiger partial charge on any atom is 0.136 e. The first-order valence-electron chi connectivity index (χ1n) is 26.8. The number of furan rings is 1. The largest absolute Gasteiger partial charge is 0.457 e. The number of rotatable bonds is 5. The summed E-state index contributed by atoms with van der Waals surface area (Å²) in [4.78, 5) is 2.47. The molecule has 3 heterocycles. The van der Waals surface area contributed by atoms with Crippen LogP contribution >= 0.6 is 0 Å². The smallest absolute Gasteiger partial charge is 0.136 e. The molecule has 12 aromatic carbocycles. The highest BCUT2D eigenvalue weighted by Crippen LogP contribution is 2.65. The standard InChI is InChI=1S/C74H45NO3/c1-4-22-57-52(19-1)56-44-48(38-42-59(56)73(57)60-24-6-11-31-67(60)77-68-32-12-7-25-61(68)73)47-17-15-18-51(43-47)75(50-39-35-46(36-40-50)49-37-41-54-53-20-3-10-30-66(53)76-71(54)45-49)65-29-16-28-64-72(65)55-21-2-5-23-58(55)74(64)62-26-8-13-33-69(62)78-70-34-14-9-27-63(70)74/h1-45H. The summed E-state index contributed by atoms with van der Waals surface area (Å²) in [6.07, 6.45) is 0. The molecule has 78 heavy (non-hydrogen) atoms. The van der Waals surface area contributed by atoms with Crippen LogP contribution in [0.3, 0.4) is 0 Å². The number of fused-ring (bicyclic) bond motifs is 21. The monoisotopic (exact) mass is 995 g/mol. The van der Waals surface area contributed by atoms with Crippen molar-refractivity contribution in [2.75, 3.05) is 4.90 Å². The van der Waals surface area contributed by atoms with Crippen LogP contribution in [0.5, 0.6) is 23.0 Å². The summed E-state index contributed by atoms with van der Waals surface area (Å²) in [5.74, 6) is 3.53. The molecule has 2 spiro atoms. The number of ether oxygens (including phenoxy) is 2. The Kier molecular flexibility index (Phi) is 8.94. The molecule has 0 saturated heterocycles. The van der Waals surface area contributed by atoms with E-state index < -0.39 is 10.8 Å². The summed E-state index contributed by atoms with van der Waals surface area (Å²) in [6.45, 7) is 0. The van der Waals surface area contributed by atoms with Gasteiger partial charge in [0, 0.05) is 50.0 Å². The quantitative estimate of drug-likeness (QED) is 0.172. The number of hydrogen-bond donors (Lipinski definition) is 0. The van der Waals surface area contributed by atoms with Gasteiger partial charge < -0.3 is 18.8 Å². The number of benzene rings is 12. The van der Waals surface area contributed by atoms with Gasteiger partial charge in [-0.25, -0.2) is 0 Å². The Balaban J connectivity index is 0.862. The van der Waals surface area contributed by atoms with E-state index in [0.717, 1.165) is 107 Å². The van der Waals surface area contributed by atoms with E-state index in [-0.39, 0.29) is 0 Å². The highest BCUT2D eigenvalue weighted by molar-refractivity contribution is 6.06. The van der Waals surface area contributed by atoms with Crippen LogP contribution < -0.4 is 14.4 Å². The summed E-state index contributed by atoms with van der Waals surface area (Å²) in [7, 11) is 0. The van der Waals surface area contributed by atoms with Crippen LogP contribution in [0.4, 0.5) is 17.1 Å². The number of para-hydroxylation sites is 5. The molecule has 1 aromatic heterocycles. The van der Waals surface area contributed by atoms with Crippen molar-refractivity contribution in [1.82, 2.24) is 0 Å². The van der Waals surface area contributed by atoms with Crippen molar-refractivity contribution in [2.45, 2.75) is 10.8 Å². The van der Waals surface area contributed by atoms with Crippen LogP contribution in [0.25, 0.3) is 66.4 Å². The lowest BCUT2D eigenvalue weighted by Gasteiger charge is -2.39. The average Bonchev–Trinajstić information content (AvgIpc) is 3.41. The second kappa shape index (κ2) is 16.2. The molecule has 4 aliphatic rings. The third-order valence-electron chi connectivity index (χ3n) is 17.2. The second-order valence-electron chi connectivity index (χ2n) is 21.0. The van der Waals surface area contributed by atoms with E-state index in [4.69, 9.17) is 13.9 Å². The van der Waals surface area contributed by atoms with Crippen molar-refractivity contribution >= 4 is 39.0 Å². The van der Waals surface area contributed by atoms with E-state index in [2.05, 4.69) is 266 Å². The molecule has 0 fully saturated rings. The Labute approximate surface area is 451 Å². The Hall–Kier alpha value is -10.2. The summed E-state index contributed by atoms with van der Waals surface area (Å²) in [5.41, 5.74) is 22.7. The second-order valence-corrected chi connectivity index (χ2v) is 21.0. The zero-order chi connectivity index (χ0) is 51.1. The highest BCUT2D eigenvalue weighted by Gasteiger charge is 2.53. The molecule has 17 rings (SSSR count). The number of anilines is 3. The van der Waals surface area contributed by atoms with E-state index in [1.807, 2.05) is 12.1 Å². The minimum Gasteiger partial charge on any atom is -0.457 e. The molecule has 0 atom stereocenters. The van der Waals surface area contributed by atoms with E-state index in [1.54, 1.807) is 0 Å². The van der Waals surface area contributed by atoms with Gasteiger partial charge in [0.15, 0.2) is 0 Å². The Morgan fingerprint density at radius 3 is 1.42 bits per heavy atom. The van der Waals surface area contributed by atoms with Gasteiger partial charge in [-0.1, -0.05) is 194 Å². The predicted octanol–water partition coefficient (Wildman–Crippen LogP) is 19.3. The van der Waals surface area contributed by atoms with Gasteiger partial charge in [0.1, 0.15) is 34.2 Å². The van der Waals surface area contributed by atoms with Gasteiger partial charge in [0.25, 0.3) is 0 Å². The van der Waals surface area contributed by atoms with Gasteiger partial charge in [0.2, 0.25) is 0 Å². The molecule has 2 aliphatic carbocycles. The van der Waals surface area contributed by atoms with Crippen molar-refractivity contribution in [2.24, 2.45) is 0 Å². The minimum absolute atomic E-state index is 0.536. The lowest BCUT2D eigenvalue weighted by molar-refractivity contribution is 0.436. The normalized spacial score (nSPS) is 14.1. The zero-order valence-electron chi connectivity index (χ0n) is 42.2. The molecule has 0 radical (unpaired) electrons. The molecule has 4 nitrogen and oxygen atoms in total. The van der Waals surface area contributed by atoms with Crippen molar-refractivity contribution in [3.8, 4) is 67.5 Å². The van der Waals surface area contributed by atoms with E-state index in [0.29, 0.717) is 0 Å². The van der Waals surface area contributed by atoms with Gasteiger partial charge in [-0.05, 0) is 140 Å². The predicted molar refractivity (Wildman–Crippen MR) is 314 cm³/mol. The molecular weight excluding hydrogens is 951 g/mol. The van der Waals surface area contributed by atoms with Crippen molar-refractivity contribution < 1.29 is 13.9 Å². The maximum atomic E-state index is 6.74.